The summed E-state index contributed by atoms with van der Waals surface area (Å²) in [5.41, 5.74) is 1.63. The molecule has 2 atom stereocenters. The maximum atomic E-state index is 14.2. The fraction of sp³-hybridized carbons (Fsp3) is 0.424. The molecule has 0 spiro atoms. The van der Waals surface area contributed by atoms with E-state index >= 15 is 0 Å². The van der Waals surface area contributed by atoms with Gasteiger partial charge in [-0.1, -0.05) is 87.4 Å². The van der Waals surface area contributed by atoms with Crippen molar-refractivity contribution in [3.63, 3.8) is 0 Å². The van der Waals surface area contributed by atoms with Gasteiger partial charge in [0, 0.05) is 12.2 Å². The number of carbonyl (C=O) groups is 3. The van der Waals surface area contributed by atoms with Crippen LogP contribution in [0.4, 0.5) is 10.5 Å². The molecule has 0 aliphatic heterocycles. The number of unbranched alkanes of at least 4 members (excludes halogenated alkanes) is 1. The lowest BCUT2D eigenvalue weighted by Gasteiger charge is -2.35. The van der Waals surface area contributed by atoms with E-state index in [1.807, 2.05) is 94.4 Å². The first kappa shape index (κ1) is 30.7. The van der Waals surface area contributed by atoms with Gasteiger partial charge < -0.3 is 20.3 Å². The molecule has 0 saturated heterocycles. The highest BCUT2D eigenvalue weighted by Gasteiger charge is 2.37. The summed E-state index contributed by atoms with van der Waals surface area (Å²) >= 11 is 0. The molecule has 0 aliphatic carbocycles. The first-order chi connectivity index (χ1) is 18.9. The number of carbonyl (C=O) groups excluding carboxylic acids is 3. The quantitative estimate of drug-likeness (QED) is 0.287. The fourth-order valence-electron chi connectivity index (χ4n) is 4.61. The number of nitrogens with zero attached hydrogens (tertiary/aromatic N) is 1. The predicted octanol–water partition coefficient (Wildman–Crippen LogP) is 7.01. The maximum absolute atomic E-state index is 14.2. The van der Waals surface area contributed by atoms with Crippen LogP contribution in [-0.2, 0) is 14.3 Å². The van der Waals surface area contributed by atoms with Crippen LogP contribution in [0.5, 0.6) is 0 Å². The molecule has 0 heterocycles. The minimum absolute atomic E-state index is 0.231. The second-order valence-corrected chi connectivity index (χ2v) is 11.6. The Hall–Kier alpha value is -3.87. The van der Waals surface area contributed by atoms with E-state index in [9.17, 15) is 14.4 Å². The molecule has 3 aromatic carbocycles. The van der Waals surface area contributed by atoms with Crippen LogP contribution in [0.3, 0.4) is 0 Å². The first-order valence-electron chi connectivity index (χ1n) is 14.1. The lowest BCUT2D eigenvalue weighted by Crippen LogP contribution is -2.54. The monoisotopic (exact) mass is 545 g/mol. The van der Waals surface area contributed by atoms with Crippen molar-refractivity contribution < 1.29 is 19.1 Å². The van der Waals surface area contributed by atoms with Crippen LogP contribution in [0.2, 0.25) is 0 Å². The van der Waals surface area contributed by atoms with Crippen molar-refractivity contribution in [2.75, 3.05) is 11.9 Å². The number of alkyl carbamates (subject to hydrolysis) is 1. The van der Waals surface area contributed by atoms with Gasteiger partial charge in [-0.2, -0.15) is 0 Å². The SMILES string of the molecule is CCCCN(C(=O)C(NC(=O)OC(C)(C)C)C(C)C)C(C(=O)Nc1ccc2ccccc2c1)c1cccc(C)c1. The number of nitrogens with one attached hydrogen (secondary N) is 2. The summed E-state index contributed by atoms with van der Waals surface area (Å²) in [7, 11) is 0. The average Bonchev–Trinajstić information content (AvgIpc) is 2.88. The highest BCUT2D eigenvalue weighted by Crippen LogP contribution is 2.28. The molecule has 2 N–H and O–H groups in total. The molecule has 0 fully saturated rings. The van der Waals surface area contributed by atoms with Gasteiger partial charge in [-0.05, 0) is 68.5 Å². The van der Waals surface area contributed by atoms with E-state index in [0.29, 0.717) is 24.2 Å². The number of amides is 3. The molecule has 3 rings (SSSR count). The van der Waals surface area contributed by atoms with E-state index in [0.717, 1.165) is 22.8 Å². The second kappa shape index (κ2) is 13.5. The Labute approximate surface area is 238 Å². The highest BCUT2D eigenvalue weighted by atomic mass is 16.6. The molecule has 3 amide bonds. The topological polar surface area (TPSA) is 87.7 Å². The standard InChI is InChI=1S/C33H43N3O4/c1-8-9-19-36(31(38)28(22(2)3)35-32(39)40-33(5,6)7)29(26-16-12-13-23(4)20-26)30(37)34-27-18-17-24-14-10-11-15-25(24)21-27/h10-18,20-22,28-29H,8-9,19H2,1-7H3,(H,34,37)(H,35,39). The number of anilines is 1. The molecule has 0 aromatic heterocycles. The van der Waals surface area contributed by atoms with E-state index in [1.54, 1.807) is 25.7 Å². The zero-order chi connectivity index (χ0) is 29.4. The van der Waals surface area contributed by atoms with Crippen LogP contribution in [0.25, 0.3) is 10.8 Å². The molecule has 7 nitrogen and oxygen atoms in total. The van der Waals surface area contributed by atoms with Gasteiger partial charge in [0.15, 0.2) is 0 Å². The summed E-state index contributed by atoms with van der Waals surface area (Å²) < 4.78 is 5.45. The van der Waals surface area contributed by atoms with Gasteiger partial charge in [-0.3, -0.25) is 9.59 Å². The van der Waals surface area contributed by atoms with Crippen LogP contribution in [0.15, 0.2) is 66.7 Å². The van der Waals surface area contributed by atoms with Gasteiger partial charge in [0.1, 0.15) is 17.7 Å². The Morgan fingerprint density at radius 1 is 0.925 bits per heavy atom. The van der Waals surface area contributed by atoms with Gasteiger partial charge in [0.25, 0.3) is 5.91 Å². The number of fused-ring (bicyclic) bond motifs is 1. The van der Waals surface area contributed by atoms with Crippen LogP contribution >= 0.6 is 0 Å². The fourth-order valence-corrected chi connectivity index (χ4v) is 4.61. The molecule has 3 aromatic rings. The number of benzene rings is 3. The molecular weight excluding hydrogens is 502 g/mol. The highest BCUT2D eigenvalue weighted by molar-refractivity contribution is 6.00. The molecule has 214 valence electrons. The number of rotatable bonds is 10. The van der Waals surface area contributed by atoms with E-state index in [2.05, 4.69) is 10.6 Å². The van der Waals surface area contributed by atoms with Crippen LogP contribution in [0.1, 0.15) is 71.6 Å². The Morgan fingerprint density at radius 2 is 1.62 bits per heavy atom. The lowest BCUT2D eigenvalue weighted by molar-refractivity contribution is -0.141. The smallest absolute Gasteiger partial charge is 0.408 e. The third-order valence-corrected chi connectivity index (χ3v) is 6.58. The lowest BCUT2D eigenvalue weighted by atomic mass is 9.97. The summed E-state index contributed by atoms with van der Waals surface area (Å²) in [5, 5.41) is 7.91. The van der Waals surface area contributed by atoms with Gasteiger partial charge in [0.2, 0.25) is 5.91 Å². The van der Waals surface area contributed by atoms with Crippen molar-refractivity contribution in [1.82, 2.24) is 10.2 Å². The van der Waals surface area contributed by atoms with Gasteiger partial charge in [0.05, 0.1) is 0 Å². The third-order valence-electron chi connectivity index (χ3n) is 6.58. The summed E-state index contributed by atoms with van der Waals surface area (Å²) in [5.74, 6) is -0.870. The number of aryl methyl sites for hydroxylation is 1. The van der Waals surface area contributed by atoms with Crippen LogP contribution in [0, 0.1) is 12.8 Å². The Morgan fingerprint density at radius 3 is 2.25 bits per heavy atom. The summed E-state index contributed by atoms with van der Waals surface area (Å²) in [6.07, 6.45) is 0.875. The zero-order valence-corrected chi connectivity index (χ0v) is 24.8. The summed E-state index contributed by atoms with van der Waals surface area (Å²) in [4.78, 5) is 42.6. The molecule has 0 aliphatic rings. The molecule has 0 bridgehead atoms. The average molecular weight is 546 g/mol. The van der Waals surface area contributed by atoms with Crippen molar-refractivity contribution in [3.05, 3.63) is 77.9 Å². The largest absolute Gasteiger partial charge is 0.444 e. The molecular formula is C33H43N3O4. The maximum Gasteiger partial charge on any atom is 0.408 e. The van der Waals surface area contributed by atoms with Crippen molar-refractivity contribution in [2.24, 2.45) is 5.92 Å². The van der Waals surface area contributed by atoms with Crippen molar-refractivity contribution >= 4 is 34.4 Å². The van der Waals surface area contributed by atoms with Gasteiger partial charge >= 0.3 is 6.09 Å². The van der Waals surface area contributed by atoms with Crippen molar-refractivity contribution in [3.8, 4) is 0 Å². The number of hydrogen-bond acceptors (Lipinski definition) is 4. The summed E-state index contributed by atoms with van der Waals surface area (Å²) in [6, 6.07) is 19.6. The van der Waals surface area contributed by atoms with Crippen LogP contribution in [-0.4, -0.2) is 41.0 Å². The first-order valence-corrected chi connectivity index (χ1v) is 14.1. The normalized spacial score (nSPS) is 13.0. The third kappa shape index (κ3) is 8.31. The van der Waals surface area contributed by atoms with Crippen molar-refractivity contribution in [1.29, 1.82) is 0 Å². The van der Waals surface area contributed by atoms with E-state index < -0.39 is 23.8 Å². The Bertz CT molecular complexity index is 1330. The van der Waals surface area contributed by atoms with E-state index in [4.69, 9.17) is 4.74 Å². The number of ether oxygens (including phenoxy) is 1. The molecule has 40 heavy (non-hydrogen) atoms. The minimum atomic E-state index is -0.896. The minimum Gasteiger partial charge on any atom is -0.444 e. The summed E-state index contributed by atoms with van der Waals surface area (Å²) in [6.45, 7) is 13.4. The Balaban J connectivity index is 2.01. The number of hydrogen-bond donors (Lipinski definition) is 2. The molecule has 7 heteroatoms. The van der Waals surface area contributed by atoms with Gasteiger partial charge in [-0.25, -0.2) is 4.79 Å². The predicted molar refractivity (Wildman–Crippen MR) is 161 cm³/mol. The Kier molecular flexibility index (Phi) is 10.3. The second-order valence-electron chi connectivity index (χ2n) is 11.6. The van der Waals surface area contributed by atoms with Crippen molar-refractivity contribution in [2.45, 2.75) is 79.0 Å². The van der Waals surface area contributed by atoms with E-state index in [-0.39, 0.29) is 17.7 Å². The van der Waals surface area contributed by atoms with E-state index in [1.165, 1.54) is 0 Å². The van der Waals surface area contributed by atoms with Gasteiger partial charge in [-0.15, -0.1) is 0 Å². The molecule has 0 radical (unpaired) electrons. The zero-order valence-electron chi connectivity index (χ0n) is 24.8. The molecule has 0 saturated carbocycles. The molecule has 2 unspecified atom stereocenters. The van der Waals surface area contributed by atoms with Crippen LogP contribution < -0.4 is 10.6 Å².